The average molecular weight is 220 g/mol. The Hall–Kier alpha value is -1.65. The molecule has 1 aromatic rings. The van der Waals surface area contributed by atoms with Gasteiger partial charge < -0.3 is 10.2 Å². The quantitative estimate of drug-likeness (QED) is 0.822. The van der Waals surface area contributed by atoms with Crippen LogP contribution in [0.25, 0.3) is 0 Å². The largest absolute Gasteiger partial charge is 0.361 e. The maximum absolute atomic E-state index is 11.8. The molecule has 0 atom stereocenters. The van der Waals surface area contributed by atoms with E-state index in [4.69, 9.17) is 0 Å². The molecule has 0 aromatic carbocycles. The number of nitrogens with zero attached hydrogens (tertiary/aromatic N) is 3. The van der Waals surface area contributed by atoms with Gasteiger partial charge in [-0.3, -0.25) is 4.79 Å². The van der Waals surface area contributed by atoms with Crippen molar-refractivity contribution in [3.63, 3.8) is 0 Å². The third kappa shape index (κ3) is 2.92. The van der Waals surface area contributed by atoms with Crippen LogP contribution in [-0.4, -0.2) is 40.4 Å². The van der Waals surface area contributed by atoms with Crippen LogP contribution in [0.15, 0.2) is 18.6 Å². The van der Waals surface area contributed by atoms with Gasteiger partial charge in [0, 0.05) is 19.3 Å². The fourth-order valence-electron chi connectivity index (χ4n) is 1.82. The summed E-state index contributed by atoms with van der Waals surface area (Å²) in [7, 11) is 0. The Labute approximate surface area is 94.9 Å². The van der Waals surface area contributed by atoms with Gasteiger partial charge in [0.1, 0.15) is 12.1 Å². The molecule has 1 amide bonds. The molecule has 1 aliphatic heterocycles. The zero-order valence-electron chi connectivity index (χ0n) is 9.22. The molecule has 0 radical (unpaired) electrons. The lowest BCUT2D eigenvalue weighted by Gasteiger charge is -2.26. The number of hydrogen-bond acceptors (Lipinski definition) is 4. The molecule has 1 N–H and O–H groups in total. The minimum absolute atomic E-state index is 0.151. The van der Waals surface area contributed by atoms with Crippen LogP contribution in [0.4, 0.5) is 5.82 Å². The lowest BCUT2D eigenvalue weighted by molar-refractivity contribution is -0.130. The summed E-state index contributed by atoms with van der Waals surface area (Å²) in [6.07, 6.45) is 6.61. The summed E-state index contributed by atoms with van der Waals surface area (Å²) < 4.78 is 0. The third-order valence-corrected chi connectivity index (χ3v) is 2.71. The minimum atomic E-state index is 0.151. The van der Waals surface area contributed by atoms with Crippen molar-refractivity contribution in [2.24, 2.45) is 0 Å². The zero-order chi connectivity index (χ0) is 11.2. The molecule has 1 aromatic heterocycles. The first kappa shape index (κ1) is 10.9. The Balaban J connectivity index is 1.79. The Bertz CT molecular complexity index is 335. The van der Waals surface area contributed by atoms with Crippen molar-refractivity contribution in [3.05, 3.63) is 18.6 Å². The van der Waals surface area contributed by atoms with E-state index in [0.29, 0.717) is 12.4 Å². The number of carbonyl (C=O) groups is 1. The van der Waals surface area contributed by atoms with Gasteiger partial charge >= 0.3 is 0 Å². The second-order valence-corrected chi connectivity index (χ2v) is 3.89. The van der Waals surface area contributed by atoms with E-state index in [-0.39, 0.29) is 5.91 Å². The molecule has 5 nitrogen and oxygen atoms in total. The Kier molecular flexibility index (Phi) is 3.69. The van der Waals surface area contributed by atoms with Crippen LogP contribution in [0.5, 0.6) is 0 Å². The number of nitrogens with one attached hydrogen (secondary N) is 1. The van der Waals surface area contributed by atoms with Crippen LogP contribution in [0, 0.1) is 0 Å². The van der Waals surface area contributed by atoms with Gasteiger partial charge in [0.25, 0.3) is 0 Å². The molecule has 0 aliphatic carbocycles. The summed E-state index contributed by atoms with van der Waals surface area (Å²) in [5.74, 6) is 0.846. The van der Waals surface area contributed by atoms with Crippen LogP contribution < -0.4 is 5.32 Å². The van der Waals surface area contributed by atoms with Gasteiger partial charge in [-0.15, -0.1) is 0 Å². The summed E-state index contributed by atoms with van der Waals surface area (Å²) in [6, 6.07) is 1.75. The molecule has 16 heavy (non-hydrogen) atoms. The van der Waals surface area contributed by atoms with Gasteiger partial charge in [-0.1, -0.05) is 0 Å². The summed E-state index contributed by atoms with van der Waals surface area (Å²) >= 11 is 0. The molecule has 86 valence electrons. The third-order valence-electron chi connectivity index (χ3n) is 2.71. The van der Waals surface area contributed by atoms with Crippen LogP contribution in [0.1, 0.15) is 19.3 Å². The van der Waals surface area contributed by atoms with Gasteiger partial charge in [-0.25, -0.2) is 9.97 Å². The molecule has 0 bridgehead atoms. The highest BCUT2D eigenvalue weighted by molar-refractivity contribution is 5.80. The molecule has 1 saturated heterocycles. The summed E-state index contributed by atoms with van der Waals surface area (Å²) in [6.45, 7) is 2.10. The summed E-state index contributed by atoms with van der Waals surface area (Å²) in [4.78, 5) is 21.5. The number of likely N-dealkylation sites (tertiary alicyclic amines) is 1. The molecule has 0 unspecified atom stereocenters. The van der Waals surface area contributed by atoms with Gasteiger partial charge in [0.15, 0.2) is 0 Å². The van der Waals surface area contributed by atoms with Crippen molar-refractivity contribution < 1.29 is 4.79 Å². The summed E-state index contributed by atoms with van der Waals surface area (Å²) in [5.41, 5.74) is 0. The number of aromatic nitrogens is 2. The van der Waals surface area contributed by atoms with Crippen LogP contribution >= 0.6 is 0 Å². The van der Waals surface area contributed by atoms with Gasteiger partial charge in [0.2, 0.25) is 5.91 Å². The zero-order valence-corrected chi connectivity index (χ0v) is 9.22. The molecule has 0 spiro atoms. The number of hydrogen-bond donors (Lipinski definition) is 1. The van der Waals surface area contributed by atoms with Crippen LogP contribution in [0.3, 0.4) is 0 Å². The Morgan fingerprint density at radius 1 is 1.38 bits per heavy atom. The fourth-order valence-corrected chi connectivity index (χ4v) is 1.82. The number of amides is 1. The van der Waals surface area contributed by atoms with Crippen molar-refractivity contribution >= 4 is 11.7 Å². The first-order chi connectivity index (χ1) is 7.86. The number of rotatable bonds is 3. The van der Waals surface area contributed by atoms with Crippen molar-refractivity contribution in [2.45, 2.75) is 19.3 Å². The van der Waals surface area contributed by atoms with Gasteiger partial charge in [-0.05, 0) is 25.3 Å². The predicted octanol–water partition coefficient (Wildman–Crippen LogP) is 0.901. The van der Waals surface area contributed by atoms with Gasteiger partial charge in [0.05, 0.1) is 6.54 Å². The highest BCUT2D eigenvalue weighted by atomic mass is 16.2. The standard InChI is InChI=1S/C11H16N4O/c16-11(15-6-2-1-3-7-15)8-13-10-4-5-12-9-14-10/h4-5,9H,1-3,6-8H2,(H,12,13,14). The molecule has 2 rings (SSSR count). The lowest BCUT2D eigenvalue weighted by Crippen LogP contribution is -2.39. The van der Waals surface area contributed by atoms with Crippen molar-refractivity contribution in [1.29, 1.82) is 0 Å². The number of carbonyl (C=O) groups excluding carboxylic acids is 1. The average Bonchev–Trinajstić information content (AvgIpc) is 2.38. The first-order valence-corrected chi connectivity index (χ1v) is 5.64. The van der Waals surface area contributed by atoms with Gasteiger partial charge in [-0.2, -0.15) is 0 Å². The Morgan fingerprint density at radius 2 is 2.19 bits per heavy atom. The molecule has 5 heteroatoms. The van der Waals surface area contributed by atoms with E-state index in [2.05, 4.69) is 15.3 Å². The number of anilines is 1. The maximum atomic E-state index is 11.8. The second-order valence-electron chi connectivity index (χ2n) is 3.89. The van der Waals surface area contributed by atoms with E-state index in [1.165, 1.54) is 12.7 Å². The van der Waals surface area contributed by atoms with E-state index in [1.54, 1.807) is 12.3 Å². The fraction of sp³-hybridized carbons (Fsp3) is 0.545. The van der Waals surface area contributed by atoms with Crippen molar-refractivity contribution in [1.82, 2.24) is 14.9 Å². The second kappa shape index (κ2) is 5.44. The lowest BCUT2D eigenvalue weighted by atomic mass is 10.1. The van der Waals surface area contributed by atoms with E-state index >= 15 is 0 Å². The highest BCUT2D eigenvalue weighted by Crippen LogP contribution is 2.08. The van der Waals surface area contributed by atoms with E-state index in [0.717, 1.165) is 25.9 Å². The van der Waals surface area contributed by atoms with E-state index < -0.39 is 0 Å². The van der Waals surface area contributed by atoms with Crippen LogP contribution in [-0.2, 0) is 4.79 Å². The monoisotopic (exact) mass is 220 g/mol. The maximum Gasteiger partial charge on any atom is 0.241 e. The molecule has 1 fully saturated rings. The molecular formula is C11H16N4O. The first-order valence-electron chi connectivity index (χ1n) is 5.64. The smallest absolute Gasteiger partial charge is 0.241 e. The predicted molar refractivity (Wildman–Crippen MR) is 61.0 cm³/mol. The normalized spacial score (nSPS) is 15.9. The highest BCUT2D eigenvalue weighted by Gasteiger charge is 2.15. The SMILES string of the molecule is O=C(CNc1ccncn1)N1CCCCC1. The topological polar surface area (TPSA) is 58.1 Å². The van der Waals surface area contributed by atoms with Crippen molar-refractivity contribution in [3.8, 4) is 0 Å². The molecular weight excluding hydrogens is 204 g/mol. The summed E-state index contributed by atoms with van der Waals surface area (Å²) in [5, 5.41) is 3.00. The number of piperidine rings is 1. The molecule has 2 heterocycles. The van der Waals surface area contributed by atoms with Crippen LogP contribution in [0.2, 0.25) is 0 Å². The minimum Gasteiger partial charge on any atom is -0.361 e. The molecule has 0 saturated carbocycles. The van der Waals surface area contributed by atoms with E-state index in [9.17, 15) is 4.79 Å². The van der Waals surface area contributed by atoms with E-state index in [1.807, 2.05) is 4.90 Å². The van der Waals surface area contributed by atoms with Crippen molar-refractivity contribution in [2.75, 3.05) is 25.0 Å². The molecule has 1 aliphatic rings. The Morgan fingerprint density at radius 3 is 2.88 bits per heavy atom.